The molecule has 7 nitrogen and oxygen atoms in total. The van der Waals surface area contributed by atoms with Gasteiger partial charge in [-0.15, -0.1) is 4.91 Å². The van der Waals surface area contributed by atoms with E-state index in [9.17, 15) is 19.3 Å². The van der Waals surface area contributed by atoms with Crippen LogP contribution in [0.2, 0.25) is 0 Å². The third-order valence-electron chi connectivity index (χ3n) is 2.20. The average molecular weight is 250 g/mol. The molecule has 1 rings (SSSR count). The predicted octanol–water partition coefficient (Wildman–Crippen LogP) is 0.852. The zero-order valence-electron chi connectivity index (χ0n) is 9.44. The fourth-order valence-electron chi connectivity index (χ4n) is 1.37. The normalized spacial score (nSPS) is 11.4. The van der Waals surface area contributed by atoms with Gasteiger partial charge in [-0.05, 0) is 0 Å². The Morgan fingerprint density at radius 3 is 2.17 bits per heavy atom. The Labute approximate surface area is 102 Å². The van der Waals surface area contributed by atoms with Crippen LogP contribution in [0.5, 0.6) is 0 Å². The molecule has 1 aromatic rings. The van der Waals surface area contributed by atoms with E-state index in [0.717, 1.165) is 6.92 Å². The number of amides is 1. The SMILES string of the molecule is CC(=O)N(N=O)C(C(=O)O)C(=O)c1ccccc1. The number of hydrogen-bond acceptors (Lipinski definition) is 5. The van der Waals surface area contributed by atoms with Gasteiger partial charge in [0.1, 0.15) is 0 Å². The second-order valence-electron chi connectivity index (χ2n) is 3.42. The number of nitroso groups, excluding NO2 is 1. The molecule has 0 aliphatic rings. The summed E-state index contributed by atoms with van der Waals surface area (Å²) in [6.45, 7) is 0.954. The number of carbonyl (C=O) groups excluding carboxylic acids is 2. The summed E-state index contributed by atoms with van der Waals surface area (Å²) in [5.74, 6) is -3.40. The molecule has 1 amide bonds. The van der Waals surface area contributed by atoms with Crippen LogP contribution in [-0.2, 0) is 9.59 Å². The third kappa shape index (κ3) is 2.76. The molecule has 0 saturated carbocycles. The molecule has 0 bridgehead atoms. The van der Waals surface area contributed by atoms with Crippen molar-refractivity contribution in [1.29, 1.82) is 0 Å². The smallest absolute Gasteiger partial charge is 0.336 e. The Bertz CT molecular complexity index is 485. The lowest BCUT2D eigenvalue weighted by atomic mass is 10.0. The van der Waals surface area contributed by atoms with Gasteiger partial charge in [0.25, 0.3) is 0 Å². The highest BCUT2D eigenvalue weighted by Crippen LogP contribution is 2.10. The summed E-state index contributed by atoms with van der Waals surface area (Å²) in [6, 6.07) is 5.56. The minimum absolute atomic E-state index is 0.0831. The lowest BCUT2D eigenvalue weighted by molar-refractivity contribution is -0.147. The van der Waals surface area contributed by atoms with E-state index in [4.69, 9.17) is 5.11 Å². The van der Waals surface area contributed by atoms with Gasteiger partial charge in [0.15, 0.2) is 5.78 Å². The van der Waals surface area contributed by atoms with Crippen LogP contribution < -0.4 is 0 Å². The molecule has 0 radical (unpaired) electrons. The highest BCUT2D eigenvalue weighted by molar-refractivity contribution is 6.13. The van der Waals surface area contributed by atoms with Crippen LogP contribution in [0, 0.1) is 4.91 Å². The highest BCUT2D eigenvalue weighted by Gasteiger charge is 2.36. The quantitative estimate of drug-likeness (QED) is 0.361. The van der Waals surface area contributed by atoms with E-state index in [1.54, 1.807) is 18.2 Å². The second-order valence-corrected chi connectivity index (χ2v) is 3.42. The molecule has 0 fully saturated rings. The Hall–Kier alpha value is -2.57. The van der Waals surface area contributed by atoms with Crippen LogP contribution in [0.15, 0.2) is 35.6 Å². The van der Waals surface area contributed by atoms with Crippen LogP contribution in [0.1, 0.15) is 17.3 Å². The van der Waals surface area contributed by atoms with Crippen LogP contribution in [0.3, 0.4) is 0 Å². The number of nitrogens with zero attached hydrogens (tertiary/aromatic N) is 2. The molecular formula is C11H10N2O5. The van der Waals surface area contributed by atoms with Crippen molar-refractivity contribution in [2.24, 2.45) is 5.29 Å². The maximum Gasteiger partial charge on any atom is 0.336 e. The molecule has 1 unspecified atom stereocenters. The topological polar surface area (TPSA) is 104 Å². The molecule has 7 heteroatoms. The van der Waals surface area contributed by atoms with Gasteiger partial charge in [0, 0.05) is 12.5 Å². The summed E-state index contributed by atoms with van der Waals surface area (Å²) < 4.78 is 0. The van der Waals surface area contributed by atoms with Crippen molar-refractivity contribution in [2.45, 2.75) is 13.0 Å². The number of Topliss-reactive ketones (excluding diaryl/α,β-unsaturated/α-hetero) is 1. The van der Waals surface area contributed by atoms with Gasteiger partial charge in [-0.3, -0.25) is 9.59 Å². The molecule has 1 N–H and O–H groups in total. The zero-order valence-corrected chi connectivity index (χ0v) is 9.44. The summed E-state index contributed by atoms with van der Waals surface area (Å²) in [5.41, 5.74) is 0.0831. The molecule has 1 aromatic carbocycles. The van der Waals surface area contributed by atoms with E-state index in [2.05, 4.69) is 5.29 Å². The molecule has 0 saturated heterocycles. The number of carboxylic acid groups (broad SMARTS) is 1. The maximum absolute atomic E-state index is 11.9. The molecule has 0 aliphatic heterocycles. The fourth-order valence-corrected chi connectivity index (χ4v) is 1.37. The number of aliphatic carboxylic acids is 1. The Kier molecular flexibility index (Phi) is 4.25. The monoisotopic (exact) mass is 250 g/mol. The van der Waals surface area contributed by atoms with Crippen LogP contribution >= 0.6 is 0 Å². The average Bonchev–Trinajstić information content (AvgIpc) is 2.35. The lowest BCUT2D eigenvalue weighted by Gasteiger charge is -2.18. The molecule has 1 atom stereocenters. The number of rotatable bonds is 5. The summed E-state index contributed by atoms with van der Waals surface area (Å²) in [6.07, 6.45) is 0. The van der Waals surface area contributed by atoms with Gasteiger partial charge in [0.05, 0.1) is 5.29 Å². The minimum atomic E-state index is -1.94. The number of benzene rings is 1. The standard InChI is InChI=1S/C11H10N2O5/c1-7(14)13(12-18)9(11(16)17)10(15)8-5-3-2-4-6-8/h2-6,9H,1H3,(H,16,17). The van der Waals surface area contributed by atoms with Gasteiger partial charge >= 0.3 is 5.97 Å². The summed E-state index contributed by atoms with van der Waals surface area (Å²) >= 11 is 0. The van der Waals surface area contributed by atoms with Gasteiger partial charge in [-0.25, -0.2) is 4.79 Å². The molecular weight excluding hydrogens is 240 g/mol. The first-order valence-electron chi connectivity index (χ1n) is 4.94. The van der Waals surface area contributed by atoms with Crippen molar-refractivity contribution in [1.82, 2.24) is 5.01 Å². The van der Waals surface area contributed by atoms with Crippen molar-refractivity contribution in [3.63, 3.8) is 0 Å². The Morgan fingerprint density at radius 1 is 1.22 bits per heavy atom. The van der Waals surface area contributed by atoms with Crippen molar-refractivity contribution >= 4 is 17.7 Å². The maximum atomic E-state index is 11.9. The van der Waals surface area contributed by atoms with Gasteiger partial charge in [-0.2, -0.15) is 5.01 Å². The van der Waals surface area contributed by atoms with E-state index in [1.807, 2.05) is 0 Å². The van der Waals surface area contributed by atoms with Crippen molar-refractivity contribution in [3.8, 4) is 0 Å². The van der Waals surface area contributed by atoms with Gasteiger partial charge in [-0.1, -0.05) is 30.3 Å². The summed E-state index contributed by atoms with van der Waals surface area (Å²) in [4.78, 5) is 44.5. The Balaban J connectivity index is 3.14. The zero-order chi connectivity index (χ0) is 13.7. The van der Waals surface area contributed by atoms with E-state index < -0.39 is 23.7 Å². The molecule has 0 aliphatic carbocycles. The third-order valence-corrected chi connectivity index (χ3v) is 2.20. The van der Waals surface area contributed by atoms with Gasteiger partial charge in [0.2, 0.25) is 11.9 Å². The first kappa shape index (κ1) is 13.5. The van der Waals surface area contributed by atoms with Gasteiger partial charge < -0.3 is 5.11 Å². The van der Waals surface area contributed by atoms with Crippen molar-refractivity contribution < 1.29 is 19.5 Å². The van der Waals surface area contributed by atoms with Crippen molar-refractivity contribution in [3.05, 3.63) is 40.8 Å². The molecule has 0 heterocycles. The number of hydrogen-bond donors (Lipinski definition) is 1. The summed E-state index contributed by atoms with van der Waals surface area (Å²) in [7, 11) is 0. The number of carbonyl (C=O) groups is 3. The number of carboxylic acids is 1. The molecule has 18 heavy (non-hydrogen) atoms. The first-order chi connectivity index (χ1) is 8.49. The predicted molar refractivity (Wildman–Crippen MR) is 60.5 cm³/mol. The molecule has 0 aromatic heterocycles. The lowest BCUT2D eigenvalue weighted by Crippen LogP contribution is -2.46. The molecule has 94 valence electrons. The van der Waals surface area contributed by atoms with Crippen LogP contribution in [-0.4, -0.2) is 33.8 Å². The second kappa shape index (κ2) is 5.67. The fraction of sp³-hybridized carbons (Fsp3) is 0.182. The van der Waals surface area contributed by atoms with Crippen LogP contribution in [0.4, 0.5) is 0 Å². The molecule has 0 spiro atoms. The van der Waals surface area contributed by atoms with E-state index in [0.29, 0.717) is 0 Å². The Morgan fingerprint density at radius 2 is 1.78 bits per heavy atom. The largest absolute Gasteiger partial charge is 0.479 e. The minimum Gasteiger partial charge on any atom is -0.479 e. The van der Waals surface area contributed by atoms with Crippen molar-refractivity contribution in [2.75, 3.05) is 0 Å². The highest BCUT2D eigenvalue weighted by atomic mass is 16.4. The first-order valence-corrected chi connectivity index (χ1v) is 4.94. The van der Waals surface area contributed by atoms with E-state index in [-0.39, 0.29) is 10.6 Å². The van der Waals surface area contributed by atoms with E-state index in [1.165, 1.54) is 12.1 Å². The van der Waals surface area contributed by atoms with Crippen LogP contribution in [0.25, 0.3) is 0 Å². The summed E-state index contributed by atoms with van der Waals surface area (Å²) in [5, 5.41) is 11.3. The van der Waals surface area contributed by atoms with E-state index >= 15 is 0 Å². The number of ketones is 1.